The topological polar surface area (TPSA) is 208 Å². The van der Waals surface area contributed by atoms with E-state index in [2.05, 4.69) is 0 Å². The van der Waals surface area contributed by atoms with Gasteiger partial charge in [-0.2, -0.15) is 0 Å². The van der Waals surface area contributed by atoms with Crippen molar-refractivity contribution in [1.29, 1.82) is 0 Å². The van der Waals surface area contributed by atoms with Crippen LogP contribution in [0.4, 0.5) is 0 Å². The van der Waals surface area contributed by atoms with E-state index in [0.29, 0.717) is 16.7 Å². The monoisotopic (exact) mass is 560 g/mol. The minimum atomic E-state index is -1.72. The van der Waals surface area contributed by atoms with Crippen LogP contribution in [0.2, 0.25) is 0 Å². The van der Waals surface area contributed by atoms with Gasteiger partial charge in [0.25, 0.3) is 0 Å². The number of esters is 1. The second kappa shape index (κ2) is 12.3. The maximum Gasteiger partial charge on any atom is 2.00 e. The van der Waals surface area contributed by atoms with Crippen molar-refractivity contribution in [3.8, 4) is 23.0 Å². The minimum absolute atomic E-state index is 0. The molecule has 0 amide bonds. The number of rotatable bonds is 8. The van der Waals surface area contributed by atoms with Crippen LogP contribution < -0.4 is 10.2 Å². The summed E-state index contributed by atoms with van der Waals surface area (Å²) in [6, 6.07) is 7.54. The molecule has 0 radical (unpaired) electrons. The van der Waals surface area contributed by atoms with Gasteiger partial charge in [-0.05, 0) is 71.4 Å². The van der Waals surface area contributed by atoms with Crippen molar-refractivity contribution in [2.24, 2.45) is 11.8 Å². The molecule has 2 aliphatic rings. The van der Waals surface area contributed by atoms with E-state index in [1.54, 1.807) is 0 Å². The number of phenolic OH excluding ortho intramolecular Hbond substituents is 4. The average molecular weight is 561 g/mol. The van der Waals surface area contributed by atoms with Crippen LogP contribution in [0.25, 0.3) is 0 Å². The third-order valence-electron chi connectivity index (χ3n) is 6.91. The summed E-state index contributed by atoms with van der Waals surface area (Å²) in [5.41, 5.74) is 1.33. The minimum Gasteiger partial charge on any atom is -0.549 e. The van der Waals surface area contributed by atoms with Crippen LogP contribution in [-0.2, 0) is 25.5 Å². The standard InChI is InChI=1S/C28H26O11.Mg/c29-18-6-2-14(4-8-24(34)39-23(27(35)36)10-13-1-5-19(30)21(32)9-13)25-17(18)12-16(26(25)28(37)38)15-3-7-20(31)22(33)11-15;/h1,3-9,11,14,16,23,26,29-33H,2,10,12H2,(H,35,36)(H,37,38);/q;+2/p-2/b8-4+;/t14?,16-,23+,26-;/m1./s1. The molecule has 40 heavy (non-hydrogen) atoms. The number of carbonyl (C=O) groups excluding carboxylic acids is 3. The summed E-state index contributed by atoms with van der Waals surface area (Å²) in [5, 5.41) is 72.8. The molecule has 5 N–H and O–H groups in total. The molecular weight excluding hydrogens is 537 g/mol. The number of aromatic hydroxyl groups is 4. The Labute approximate surface area is 244 Å². The summed E-state index contributed by atoms with van der Waals surface area (Å²) in [6.07, 6.45) is 1.96. The number of allylic oxidation sites excluding steroid dienone is 3. The van der Waals surface area contributed by atoms with Crippen molar-refractivity contribution < 1.29 is 54.9 Å². The maximum absolute atomic E-state index is 12.5. The number of aliphatic hydroxyl groups excluding tert-OH is 1. The zero-order valence-corrected chi connectivity index (χ0v) is 22.4. The molecule has 204 valence electrons. The molecule has 2 aliphatic carbocycles. The molecular formula is C28H24MgO11. The largest absolute Gasteiger partial charge is 2.00 e. The summed E-state index contributed by atoms with van der Waals surface area (Å²) < 4.78 is 5.01. The Bertz CT molecular complexity index is 1430. The molecule has 0 spiro atoms. The zero-order valence-electron chi connectivity index (χ0n) is 21.0. The number of carboxylic acid groups (broad SMARTS) is 2. The Kier molecular flexibility index (Phi) is 9.38. The van der Waals surface area contributed by atoms with Crippen LogP contribution in [0.1, 0.15) is 29.9 Å². The van der Waals surface area contributed by atoms with Gasteiger partial charge >= 0.3 is 29.0 Å². The van der Waals surface area contributed by atoms with E-state index in [0.717, 1.165) is 18.2 Å². The number of aliphatic carboxylic acids is 2. The number of carboxylic acids is 2. The van der Waals surface area contributed by atoms with Crippen LogP contribution in [-0.4, -0.2) is 72.6 Å². The van der Waals surface area contributed by atoms with Gasteiger partial charge in [-0.25, -0.2) is 4.79 Å². The predicted molar refractivity (Wildman–Crippen MR) is 135 cm³/mol. The van der Waals surface area contributed by atoms with Gasteiger partial charge in [0.1, 0.15) is 11.9 Å². The Morgan fingerprint density at radius 2 is 1.60 bits per heavy atom. The fourth-order valence-electron chi connectivity index (χ4n) is 5.07. The summed E-state index contributed by atoms with van der Waals surface area (Å²) in [5.74, 6) is -8.58. The number of phenols is 4. The number of aliphatic hydroxyl groups is 1. The second-order valence-electron chi connectivity index (χ2n) is 9.35. The molecule has 2 aromatic rings. The van der Waals surface area contributed by atoms with Crippen molar-refractivity contribution in [2.75, 3.05) is 0 Å². The molecule has 0 aromatic heterocycles. The smallest absolute Gasteiger partial charge is 0.549 e. The Morgan fingerprint density at radius 3 is 2.20 bits per heavy atom. The molecule has 0 fully saturated rings. The number of benzene rings is 2. The third kappa shape index (κ3) is 6.34. The number of hydrogen-bond acceptors (Lipinski definition) is 11. The number of carbonyl (C=O) groups is 3. The molecule has 0 saturated carbocycles. The Balaban J connectivity index is 0.00000441. The van der Waals surface area contributed by atoms with Crippen LogP contribution in [0, 0.1) is 11.8 Å². The molecule has 0 saturated heterocycles. The SMILES string of the molecule is O=C(/C=C/C1CC=C(O)C2=C1[C@H](C(=O)[O-])[C@@H](c1ccc(O)c(O)c1)C2)O[C@@H](Cc1ccc(O)c(O)c1)C(=O)[O-].[Mg+2]. The van der Waals surface area contributed by atoms with E-state index in [1.165, 1.54) is 36.4 Å². The van der Waals surface area contributed by atoms with E-state index in [9.17, 15) is 50.1 Å². The van der Waals surface area contributed by atoms with Gasteiger partial charge in [-0.3, -0.25) is 0 Å². The third-order valence-corrected chi connectivity index (χ3v) is 6.91. The molecule has 0 aliphatic heterocycles. The van der Waals surface area contributed by atoms with Crippen molar-refractivity contribution >= 4 is 41.0 Å². The van der Waals surface area contributed by atoms with Gasteiger partial charge in [-0.15, -0.1) is 0 Å². The van der Waals surface area contributed by atoms with Crippen molar-refractivity contribution in [1.82, 2.24) is 0 Å². The Morgan fingerprint density at radius 1 is 0.950 bits per heavy atom. The summed E-state index contributed by atoms with van der Waals surface area (Å²) in [4.78, 5) is 36.3. The first-order chi connectivity index (χ1) is 18.5. The quantitative estimate of drug-likeness (QED) is 0.127. The van der Waals surface area contributed by atoms with E-state index >= 15 is 0 Å². The molecule has 12 heteroatoms. The first-order valence-electron chi connectivity index (χ1n) is 11.9. The van der Waals surface area contributed by atoms with E-state index in [-0.39, 0.29) is 59.4 Å². The van der Waals surface area contributed by atoms with Gasteiger partial charge in [0.2, 0.25) is 0 Å². The van der Waals surface area contributed by atoms with Gasteiger partial charge in [0, 0.05) is 30.3 Å². The molecule has 4 atom stereocenters. The predicted octanol–water partition coefficient (Wildman–Crippen LogP) is 0.201. The molecule has 2 aromatic carbocycles. The van der Waals surface area contributed by atoms with Crippen LogP contribution >= 0.6 is 0 Å². The van der Waals surface area contributed by atoms with E-state index in [1.807, 2.05) is 0 Å². The zero-order chi connectivity index (χ0) is 28.4. The van der Waals surface area contributed by atoms with Gasteiger partial charge in [0.05, 0.1) is 5.97 Å². The van der Waals surface area contributed by atoms with E-state index < -0.39 is 59.0 Å². The summed E-state index contributed by atoms with van der Waals surface area (Å²) in [7, 11) is 0. The molecule has 0 heterocycles. The van der Waals surface area contributed by atoms with E-state index in [4.69, 9.17) is 4.74 Å². The van der Waals surface area contributed by atoms with Crippen LogP contribution in [0.3, 0.4) is 0 Å². The molecule has 4 rings (SSSR count). The maximum atomic E-state index is 12.5. The average Bonchev–Trinajstić information content (AvgIpc) is 3.29. The fourth-order valence-corrected chi connectivity index (χ4v) is 5.07. The van der Waals surface area contributed by atoms with Gasteiger partial charge in [0.15, 0.2) is 23.0 Å². The Hall–Kier alpha value is -4.16. The molecule has 11 nitrogen and oxygen atoms in total. The molecule has 1 unspecified atom stereocenters. The number of ether oxygens (including phenoxy) is 1. The van der Waals surface area contributed by atoms with Crippen molar-refractivity contribution in [3.05, 3.63) is 82.7 Å². The first-order valence-corrected chi connectivity index (χ1v) is 11.9. The van der Waals surface area contributed by atoms with Gasteiger partial charge in [-0.1, -0.05) is 18.2 Å². The molecule has 0 bridgehead atoms. The first kappa shape index (κ1) is 30.4. The van der Waals surface area contributed by atoms with Crippen LogP contribution in [0.5, 0.6) is 23.0 Å². The van der Waals surface area contributed by atoms with Crippen LogP contribution in [0.15, 0.2) is 71.5 Å². The fraction of sp³-hybridized carbons (Fsp3) is 0.250. The normalized spacial score (nSPS) is 20.8. The second-order valence-corrected chi connectivity index (χ2v) is 9.35. The van der Waals surface area contributed by atoms with Crippen molar-refractivity contribution in [2.45, 2.75) is 31.3 Å². The summed E-state index contributed by atoms with van der Waals surface area (Å²) >= 11 is 0. The number of hydrogen-bond donors (Lipinski definition) is 5. The van der Waals surface area contributed by atoms with Crippen molar-refractivity contribution in [3.63, 3.8) is 0 Å². The van der Waals surface area contributed by atoms with Gasteiger partial charge < -0.3 is 50.1 Å². The summed E-state index contributed by atoms with van der Waals surface area (Å²) in [6.45, 7) is 0.